The average Bonchev–Trinajstić information content (AvgIpc) is 4.18. The van der Waals surface area contributed by atoms with Gasteiger partial charge in [-0.2, -0.15) is 0 Å². The van der Waals surface area contributed by atoms with Gasteiger partial charge >= 0.3 is 23.9 Å². The van der Waals surface area contributed by atoms with Crippen LogP contribution in [0.4, 0.5) is 0 Å². The van der Waals surface area contributed by atoms with Crippen LogP contribution in [-0.2, 0) is 57.3 Å². The van der Waals surface area contributed by atoms with Gasteiger partial charge in [0.15, 0.2) is 11.6 Å². The van der Waals surface area contributed by atoms with E-state index in [1.807, 2.05) is 6.92 Å². The maximum Gasteiger partial charge on any atom is 0.334 e. The number of fused-ring (bicyclic) bond motifs is 14. The third kappa shape index (κ3) is 5.48. The molecule has 4 heterocycles. The maximum atomic E-state index is 14.3. The molecule has 4 saturated carbocycles. The number of hydrogen-bond acceptors (Lipinski definition) is 13. The molecule has 2 spiro atoms. The van der Waals surface area contributed by atoms with Crippen LogP contribution in [0.2, 0.25) is 0 Å². The number of Topliss-reactive ketones (excluding diaryl/α,β-unsaturated/α-hetero) is 4. The average molecular weight is 999 g/mol. The quantitative estimate of drug-likeness (QED) is 0.111. The van der Waals surface area contributed by atoms with Crippen molar-refractivity contribution in [3.63, 3.8) is 0 Å². The van der Waals surface area contributed by atoms with Crippen molar-refractivity contribution in [3.05, 3.63) is 143 Å². The van der Waals surface area contributed by atoms with E-state index in [0.29, 0.717) is 96.0 Å². The lowest BCUT2D eigenvalue weighted by atomic mass is 9.58. The molecule has 0 radical (unpaired) electrons. The minimum atomic E-state index is -1.20. The number of hydrogen-bond donors (Lipinski definition) is 1. The van der Waals surface area contributed by atoms with Crippen molar-refractivity contribution in [2.45, 2.75) is 108 Å². The van der Waals surface area contributed by atoms with E-state index in [0.717, 1.165) is 27.9 Å². The van der Waals surface area contributed by atoms with Crippen molar-refractivity contribution >= 4 is 47.0 Å². The Morgan fingerprint density at radius 2 is 1.07 bits per heavy atom. The number of aliphatic hydroxyl groups excluding tert-OH is 1. The van der Waals surface area contributed by atoms with Gasteiger partial charge in [0.25, 0.3) is 0 Å². The van der Waals surface area contributed by atoms with Gasteiger partial charge in [0, 0.05) is 92.9 Å². The standard InChI is InChI=1S/C31H30O6.C30H28O7/c1-13-6-8-18-14(2)28(34)36-26(18)23-20(13)12-21(32)31(23)11-10-17-7-9-19-15(3)29(35)37-27(19)30(5)16(4)25(33)24(31)22(17)30;1-11-17-10-20(32)30(23(17)27-18(9-19(11)31)13(3)29(35)37-27)8-7-15-5-6-16-12(2)28(34)36-26(16)21-14(4)25(33)24(30)22(15)21/h7,18-20,23,26-27H,1-4,6,8-12H2,5H3;5,16-19,21,23,26-27,31H,1-4,6-10H2/t18-,19-,20?,23+,26-,27+,30-,31+;16-,17-,18-,19-,21-,23-,26+,27+,30?/m00/s1. The van der Waals surface area contributed by atoms with Gasteiger partial charge in [-0.15, -0.1) is 0 Å². The molecule has 8 fully saturated rings. The highest BCUT2D eigenvalue weighted by Crippen LogP contribution is 2.71. The number of esters is 4. The van der Waals surface area contributed by atoms with Crippen LogP contribution in [0.25, 0.3) is 0 Å². The molecular weight excluding hydrogens is 941 g/mol. The third-order valence-electron chi connectivity index (χ3n) is 21.2. The molecule has 0 aromatic heterocycles. The number of carbonyl (C=O) groups is 8. The van der Waals surface area contributed by atoms with Crippen molar-refractivity contribution in [1.82, 2.24) is 0 Å². The van der Waals surface area contributed by atoms with Crippen LogP contribution in [0, 0.1) is 69.5 Å². The number of ketones is 4. The molecule has 10 aliphatic carbocycles. The van der Waals surface area contributed by atoms with Gasteiger partial charge in [-0.05, 0) is 104 Å². The van der Waals surface area contributed by atoms with Crippen molar-refractivity contribution in [1.29, 1.82) is 0 Å². The normalized spacial score (nSPS) is 44.3. The molecule has 0 amide bonds. The van der Waals surface area contributed by atoms with Gasteiger partial charge in [-0.25, -0.2) is 19.2 Å². The Morgan fingerprint density at radius 3 is 1.76 bits per heavy atom. The van der Waals surface area contributed by atoms with Gasteiger partial charge < -0.3 is 24.1 Å². The summed E-state index contributed by atoms with van der Waals surface area (Å²) in [5, 5.41) is 11.0. The Hall–Kier alpha value is -6.60. The highest BCUT2D eigenvalue weighted by atomic mass is 16.6. The van der Waals surface area contributed by atoms with Crippen molar-refractivity contribution in [2.75, 3.05) is 0 Å². The van der Waals surface area contributed by atoms with E-state index in [-0.39, 0.29) is 77.6 Å². The van der Waals surface area contributed by atoms with Crippen molar-refractivity contribution < 1.29 is 62.4 Å². The second-order valence-corrected chi connectivity index (χ2v) is 23.8. The van der Waals surface area contributed by atoms with Gasteiger partial charge in [0.05, 0.1) is 28.3 Å². The van der Waals surface area contributed by atoms with Gasteiger partial charge in [-0.3, -0.25) is 19.2 Å². The van der Waals surface area contributed by atoms with Crippen LogP contribution in [0.15, 0.2) is 143 Å². The van der Waals surface area contributed by atoms with E-state index in [1.54, 1.807) is 0 Å². The fraction of sp³-hybridized carbons (Fsp3) is 0.475. The Balaban J connectivity index is 0.000000143. The van der Waals surface area contributed by atoms with Crippen molar-refractivity contribution in [2.24, 2.45) is 69.5 Å². The molecule has 380 valence electrons. The molecule has 2 unspecified atom stereocenters. The summed E-state index contributed by atoms with van der Waals surface area (Å²) in [6, 6.07) is 0. The van der Waals surface area contributed by atoms with E-state index in [4.69, 9.17) is 18.9 Å². The number of aliphatic hydroxyl groups is 1. The summed E-state index contributed by atoms with van der Waals surface area (Å²) >= 11 is 0. The lowest BCUT2D eigenvalue weighted by Gasteiger charge is -2.44. The maximum absolute atomic E-state index is 14.3. The smallest absolute Gasteiger partial charge is 0.334 e. The fourth-order valence-electron chi connectivity index (χ4n) is 17.6. The van der Waals surface area contributed by atoms with E-state index in [2.05, 4.69) is 64.8 Å². The number of ether oxygens (including phenoxy) is 4. The van der Waals surface area contributed by atoms with Crippen molar-refractivity contribution in [3.8, 4) is 0 Å². The monoisotopic (exact) mass is 998 g/mol. The summed E-state index contributed by atoms with van der Waals surface area (Å²) < 4.78 is 23.5. The zero-order valence-corrected chi connectivity index (χ0v) is 41.5. The molecule has 0 aromatic carbocycles. The molecule has 0 bridgehead atoms. The van der Waals surface area contributed by atoms with Crippen LogP contribution in [0.5, 0.6) is 0 Å². The van der Waals surface area contributed by atoms with Crippen LogP contribution < -0.4 is 0 Å². The van der Waals surface area contributed by atoms with E-state index in [1.165, 1.54) is 0 Å². The van der Waals surface area contributed by atoms with Gasteiger partial charge in [-0.1, -0.05) is 70.4 Å². The van der Waals surface area contributed by atoms with Gasteiger partial charge in [0.1, 0.15) is 36.0 Å². The highest BCUT2D eigenvalue weighted by Gasteiger charge is 2.72. The number of carbonyl (C=O) groups excluding carboxylic acids is 8. The van der Waals surface area contributed by atoms with Crippen LogP contribution in [-0.4, -0.2) is 82.6 Å². The topological polar surface area (TPSA) is 194 Å². The predicted molar refractivity (Wildman–Crippen MR) is 264 cm³/mol. The Bertz CT molecular complexity index is 3180. The Morgan fingerprint density at radius 1 is 0.541 bits per heavy atom. The van der Waals surface area contributed by atoms with Crippen LogP contribution >= 0.6 is 0 Å². The molecular formula is C61H58O13. The first-order valence-corrected chi connectivity index (χ1v) is 26.2. The third-order valence-corrected chi connectivity index (χ3v) is 21.2. The zero-order valence-electron chi connectivity index (χ0n) is 41.5. The Kier molecular flexibility index (Phi) is 9.72. The molecule has 1 N–H and O–H groups in total. The predicted octanol–water partition coefficient (Wildman–Crippen LogP) is 7.16. The fourth-order valence-corrected chi connectivity index (χ4v) is 17.6. The molecule has 14 aliphatic rings. The second-order valence-electron chi connectivity index (χ2n) is 23.8. The van der Waals surface area contributed by atoms with Crippen LogP contribution in [0.3, 0.4) is 0 Å². The van der Waals surface area contributed by atoms with Crippen LogP contribution in [0.1, 0.15) is 77.6 Å². The molecule has 0 aromatic rings. The zero-order chi connectivity index (χ0) is 52.3. The summed E-state index contributed by atoms with van der Waals surface area (Å²) in [5.41, 5.74) is 4.99. The molecule has 17 atom stereocenters. The minimum Gasteiger partial charge on any atom is -0.458 e. The van der Waals surface area contributed by atoms with E-state index in [9.17, 15) is 43.5 Å². The molecule has 14 rings (SSSR count). The first kappa shape index (κ1) is 47.1. The summed E-state index contributed by atoms with van der Waals surface area (Å²) in [6.07, 6.45) is 6.09. The lowest BCUT2D eigenvalue weighted by molar-refractivity contribution is -0.146. The van der Waals surface area contributed by atoms with E-state index < -0.39 is 94.3 Å². The molecule has 4 saturated heterocycles. The summed E-state index contributed by atoms with van der Waals surface area (Å²) in [4.78, 5) is 107. The lowest BCUT2D eigenvalue weighted by Crippen LogP contribution is -2.47. The number of rotatable bonds is 0. The summed E-state index contributed by atoms with van der Waals surface area (Å²) in [7, 11) is 0. The first-order chi connectivity index (χ1) is 35.1. The highest BCUT2D eigenvalue weighted by molar-refractivity contribution is 6.20. The Labute approximate surface area is 428 Å². The number of allylic oxidation sites excluding steroid dienone is 7. The van der Waals surface area contributed by atoms with E-state index >= 15 is 0 Å². The van der Waals surface area contributed by atoms with Gasteiger partial charge in [0.2, 0.25) is 0 Å². The molecule has 4 aliphatic heterocycles. The SMILES string of the molecule is C=C1C(=O)C2=C3C(=CC[C@H]4C(=C)C(=O)O[C@H]4[C@@H]13)CCC21C(=O)C[C@H]2C(=C)[C@@H](O)C[C@H]3C(=C)C(=O)O[C@H]3[C@H]21.C=C1CC[C@H]2C(=C)C(=O)O[C@@H]2[C@H]2C1CC(=O)[C@]21CCC2=CC[C@H]3C(=C)C(=O)O[C@H]3[C@@]3(C)C(=C)C(=O)C1=C23. The molecule has 13 heteroatoms. The second kappa shape index (κ2) is 15.3. The first-order valence-electron chi connectivity index (χ1n) is 26.2. The summed E-state index contributed by atoms with van der Waals surface area (Å²) in [6.45, 7) is 34.7. The summed E-state index contributed by atoms with van der Waals surface area (Å²) in [5.74, 6) is -5.69. The molecule has 13 nitrogen and oxygen atoms in total. The minimum absolute atomic E-state index is 0.0124. The largest absolute Gasteiger partial charge is 0.458 e. The molecule has 74 heavy (non-hydrogen) atoms.